The fraction of sp³-hybridized carbons (Fsp3) is 0. The van der Waals surface area contributed by atoms with Crippen LogP contribution in [0.4, 0.5) is 0 Å². The number of rotatable bonds is 0. The van der Waals surface area contributed by atoms with Crippen LogP contribution in [0.1, 0.15) is 0 Å². The summed E-state index contributed by atoms with van der Waals surface area (Å²) < 4.78 is 0. The monoisotopic (exact) mass is 375 g/mol. The third kappa shape index (κ3) is 59.9. The SMILES string of the molecule is [Br-].[CH-]=C.[Cl][Ce]([Cl])[Cl].[Mg+2]. The predicted octanol–water partition coefficient (Wildman–Crippen LogP) is -0.703. The minimum atomic E-state index is -2.24. The maximum atomic E-state index is 5.02. The molecule has 0 aliphatic rings. The molecule has 45 valence electrons. The molecule has 0 unspecified atom stereocenters. The Morgan fingerprint density at radius 1 is 1.12 bits per heavy atom. The molecule has 0 aromatic rings. The van der Waals surface area contributed by atoms with E-state index in [2.05, 4.69) is 13.2 Å². The van der Waals surface area contributed by atoms with Crippen molar-refractivity contribution in [2.45, 2.75) is 0 Å². The average molecular weight is 378 g/mol. The Balaban J connectivity index is -0.0000000183. The summed E-state index contributed by atoms with van der Waals surface area (Å²) in [5.74, 6) is 0. The van der Waals surface area contributed by atoms with Crippen LogP contribution in [-0.2, 0) is 0 Å². The molecule has 0 aromatic heterocycles. The van der Waals surface area contributed by atoms with Gasteiger partial charge in [-0.3, -0.25) is 6.58 Å². The molecular weight excluding hydrogens is 375 g/mol. The van der Waals surface area contributed by atoms with E-state index in [4.69, 9.17) is 16.9 Å². The van der Waals surface area contributed by atoms with E-state index in [1.165, 1.54) is 0 Å². The molecule has 0 bridgehead atoms. The van der Waals surface area contributed by atoms with E-state index in [1.54, 1.807) is 0 Å². The fourth-order valence-electron chi connectivity index (χ4n) is 0. The number of hydrogen-bond acceptors (Lipinski definition) is 0. The molecule has 8 heavy (non-hydrogen) atoms. The Labute approximate surface area is 98.1 Å². The first-order valence-electron chi connectivity index (χ1n) is 0.975. The van der Waals surface area contributed by atoms with Gasteiger partial charge in [-0.25, -0.2) is 0 Å². The van der Waals surface area contributed by atoms with Crippen molar-refractivity contribution in [1.29, 1.82) is 0 Å². The Hall–Kier alpha value is 3.23. The van der Waals surface area contributed by atoms with Crippen LogP contribution in [0.3, 0.4) is 0 Å². The van der Waals surface area contributed by atoms with E-state index in [0.29, 0.717) is 0 Å². The van der Waals surface area contributed by atoms with Gasteiger partial charge >= 0.3 is 70.6 Å². The molecule has 0 aliphatic heterocycles. The first-order chi connectivity index (χ1) is 2.73. The van der Waals surface area contributed by atoms with E-state index >= 15 is 0 Å². The van der Waals surface area contributed by atoms with Crippen molar-refractivity contribution in [3.8, 4) is 0 Å². The van der Waals surface area contributed by atoms with Gasteiger partial charge in [0.1, 0.15) is 0 Å². The van der Waals surface area contributed by atoms with Gasteiger partial charge in [0.05, 0.1) is 0 Å². The van der Waals surface area contributed by atoms with Crippen molar-refractivity contribution in [1.82, 2.24) is 0 Å². The summed E-state index contributed by atoms with van der Waals surface area (Å²) in [5.41, 5.74) is 15.1. The zero-order valence-electron chi connectivity index (χ0n) is 4.00. The maximum absolute atomic E-state index is 5.02. The van der Waals surface area contributed by atoms with Crippen LogP contribution in [0.2, 0.25) is 0 Å². The quantitative estimate of drug-likeness (QED) is 0.387. The Morgan fingerprint density at radius 3 is 1.12 bits per heavy atom. The zero-order valence-corrected chi connectivity index (χ0v) is 12.4. The minimum absolute atomic E-state index is 0. The molecule has 0 aromatic carbocycles. The molecule has 0 N–H and O–H groups in total. The second kappa shape index (κ2) is 22.5. The molecule has 0 rings (SSSR count). The molecule has 0 heterocycles. The van der Waals surface area contributed by atoms with Crippen LogP contribution < -0.4 is 17.0 Å². The van der Waals surface area contributed by atoms with Gasteiger partial charge in [-0.05, 0) is 0 Å². The molecule has 0 atom stereocenters. The van der Waals surface area contributed by atoms with Crippen LogP contribution >= 0.6 is 16.9 Å². The molecule has 6 heteroatoms. The Kier molecular flexibility index (Phi) is 63.1. The fourth-order valence-corrected chi connectivity index (χ4v) is 0. The molecule has 0 nitrogen and oxygen atoms in total. The molecule has 0 radical (unpaired) electrons. The molecule has 0 amide bonds. The molecule has 0 aliphatic carbocycles. The molecule has 0 saturated carbocycles. The van der Waals surface area contributed by atoms with Crippen LogP contribution in [0.15, 0.2) is 6.58 Å². The molecular formula is C2H3BrCeCl3Mg. The van der Waals surface area contributed by atoms with Crippen molar-refractivity contribution < 1.29 is 47.6 Å². The predicted molar refractivity (Wildman–Crippen MR) is 33.2 cm³/mol. The van der Waals surface area contributed by atoms with Crippen LogP contribution in [0.25, 0.3) is 0 Å². The van der Waals surface area contributed by atoms with Gasteiger partial charge in [0.2, 0.25) is 0 Å². The largest absolute Gasteiger partial charge is 2.00 e. The summed E-state index contributed by atoms with van der Waals surface area (Å²) in [6.45, 7) is 7.00. The molecule has 0 fully saturated rings. The van der Waals surface area contributed by atoms with Crippen molar-refractivity contribution in [3.63, 3.8) is 0 Å². The zero-order chi connectivity index (χ0) is 5.58. The van der Waals surface area contributed by atoms with Crippen LogP contribution in [-0.4, -0.2) is 23.1 Å². The number of hydrogen-bond donors (Lipinski definition) is 0. The van der Waals surface area contributed by atoms with E-state index in [9.17, 15) is 0 Å². The van der Waals surface area contributed by atoms with E-state index in [1.807, 2.05) is 0 Å². The summed E-state index contributed by atoms with van der Waals surface area (Å²) in [7, 11) is 0. The molecule has 0 saturated heterocycles. The topological polar surface area (TPSA) is 0 Å². The van der Waals surface area contributed by atoms with Gasteiger partial charge in [-0.2, -0.15) is 0 Å². The Bertz CT molecular complexity index is 28.5. The van der Waals surface area contributed by atoms with E-state index < -0.39 is 30.7 Å². The van der Waals surface area contributed by atoms with Gasteiger partial charge in [0.15, 0.2) is 0 Å². The van der Waals surface area contributed by atoms with Crippen LogP contribution in [0.5, 0.6) is 0 Å². The van der Waals surface area contributed by atoms with Gasteiger partial charge in [0, 0.05) is 0 Å². The first kappa shape index (κ1) is 22.5. The normalized spacial score (nSPS) is 3.88. The summed E-state index contributed by atoms with van der Waals surface area (Å²) in [6.07, 6.45) is 0. The van der Waals surface area contributed by atoms with Gasteiger partial charge in [-0.1, -0.05) is 0 Å². The summed E-state index contributed by atoms with van der Waals surface area (Å²) in [6, 6.07) is 0. The maximum Gasteiger partial charge on any atom is 2.00 e. The van der Waals surface area contributed by atoms with Crippen molar-refractivity contribution >= 4 is 39.9 Å². The van der Waals surface area contributed by atoms with Crippen molar-refractivity contribution in [2.24, 2.45) is 0 Å². The third-order valence-corrected chi connectivity index (χ3v) is 0. The summed E-state index contributed by atoms with van der Waals surface area (Å²) in [5, 5.41) is 0. The Morgan fingerprint density at radius 2 is 1.12 bits per heavy atom. The summed E-state index contributed by atoms with van der Waals surface area (Å²) in [4.78, 5) is 0. The van der Waals surface area contributed by atoms with Crippen LogP contribution in [0, 0.1) is 37.2 Å². The van der Waals surface area contributed by atoms with Gasteiger partial charge < -0.3 is 23.6 Å². The average Bonchev–Trinajstić information content (AvgIpc) is 1.41. The first-order valence-corrected chi connectivity index (χ1v) is 12.8. The third-order valence-electron chi connectivity index (χ3n) is 0. The summed E-state index contributed by atoms with van der Waals surface area (Å²) >= 11 is -2.24. The molecule has 0 spiro atoms. The second-order valence-corrected chi connectivity index (χ2v) is 14.0. The van der Waals surface area contributed by atoms with Gasteiger partial charge in [-0.15, -0.1) is 0 Å². The van der Waals surface area contributed by atoms with Gasteiger partial charge in [0.25, 0.3) is 0 Å². The van der Waals surface area contributed by atoms with Crippen molar-refractivity contribution in [2.75, 3.05) is 0 Å². The van der Waals surface area contributed by atoms with E-state index in [0.717, 1.165) is 0 Å². The van der Waals surface area contributed by atoms with Crippen molar-refractivity contribution in [3.05, 3.63) is 13.2 Å². The standard InChI is InChI=1S/C2H3.BrH.Ce.3ClH.Mg/c1-2;;;;;;/h1H,2H2;1H;;3*1H;/q-1;;+3;;;;+2/p-4. The second-order valence-electron chi connectivity index (χ2n) is 0.214. The minimum Gasteiger partial charge on any atom is 2.00 e. The van der Waals surface area contributed by atoms with E-state index in [-0.39, 0.29) is 40.0 Å². The smallest absolute Gasteiger partial charge is 2.00 e. The number of halogens is 4.